The summed E-state index contributed by atoms with van der Waals surface area (Å²) in [4.78, 5) is 2.52. The van der Waals surface area contributed by atoms with Crippen LogP contribution in [0.2, 0.25) is 0 Å². The van der Waals surface area contributed by atoms with Crippen LogP contribution in [0.5, 0.6) is 0 Å². The van der Waals surface area contributed by atoms with E-state index in [-0.39, 0.29) is 10.8 Å². The molecule has 0 amide bonds. The summed E-state index contributed by atoms with van der Waals surface area (Å²) >= 11 is 0. The molecule has 0 fully saturated rings. The molecule has 2 aliphatic carbocycles. The maximum absolute atomic E-state index is 2.52. The largest absolute Gasteiger partial charge is 0.310 e. The van der Waals surface area contributed by atoms with Gasteiger partial charge in [0.2, 0.25) is 0 Å². The quantitative estimate of drug-likeness (QED) is 0.169. The number of para-hydroxylation sites is 2. The van der Waals surface area contributed by atoms with Gasteiger partial charge in [0.15, 0.2) is 0 Å². The Hall–Kier alpha value is -7.16. The normalized spacial score (nSPS) is 14.3. The van der Waals surface area contributed by atoms with Crippen LogP contribution in [0.15, 0.2) is 194 Å². The number of nitrogens with zero attached hydrogens (tertiary/aromatic N) is 2. The predicted octanol–water partition coefficient (Wildman–Crippen LogP) is 15.7. The molecular formula is C58H44N2. The van der Waals surface area contributed by atoms with Crippen molar-refractivity contribution in [2.24, 2.45) is 0 Å². The Morgan fingerprint density at radius 2 is 0.967 bits per heavy atom. The first-order valence-electron chi connectivity index (χ1n) is 21.2. The summed E-state index contributed by atoms with van der Waals surface area (Å²) in [7, 11) is 0. The van der Waals surface area contributed by atoms with Crippen molar-refractivity contribution in [2.75, 3.05) is 4.90 Å². The van der Waals surface area contributed by atoms with Gasteiger partial charge in [-0.1, -0.05) is 167 Å². The van der Waals surface area contributed by atoms with E-state index >= 15 is 0 Å². The first kappa shape index (κ1) is 34.8. The lowest BCUT2D eigenvalue weighted by atomic mass is 9.82. The Morgan fingerprint density at radius 3 is 1.75 bits per heavy atom. The van der Waals surface area contributed by atoms with Gasteiger partial charge in [0.1, 0.15) is 0 Å². The highest BCUT2D eigenvalue weighted by atomic mass is 15.1. The average Bonchev–Trinajstić information content (AvgIpc) is 3.83. The van der Waals surface area contributed by atoms with Gasteiger partial charge in [0.25, 0.3) is 0 Å². The van der Waals surface area contributed by atoms with E-state index in [1.807, 2.05) is 0 Å². The maximum Gasteiger partial charge on any atom is 0.0543 e. The van der Waals surface area contributed by atoms with E-state index < -0.39 is 0 Å². The van der Waals surface area contributed by atoms with Crippen molar-refractivity contribution < 1.29 is 0 Å². The first-order chi connectivity index (χ1) is 29.3. The summed E-state index contributed by atoms with van der Waals surface area (Å²) in [6.07, 6.45) is 0. The number of anilines is 3. The molecule has 0 unspecified atom stereocenters. The van der Waals surface area contributed by atoms with Crippen molar-refractivity contribution >= 4 is 49.6 Å². The minimum atomic E-state index is -0.125. The summed E-state index contributed by atoms with van der Waals surface area (Å²) in [5.74, 6) is 0. The van der Waals surface area contributed by atoms with Gasteiger partial charge in [-0.25, -0.2) is 0 Å². The monoisotopic (exact) mass is 768 g/mol. The minimum absolute atomic E-state index is 0.117. The number of benzene rings is 9. The topological polar surface area (TPSA) is 8.17 Å². The standard InChI is InChI=1S/C58H44N2/c1-57(2)50-25-10-6-22-47(50)56-51(57)26-15-29-55(56)59(41-32-33-44-43-19-5-9-24-49(43)58(3,4)52(44)36-41)39-18-13-17-38(34-39)42-23-14-16-37-30-31-40(35-48(37)42)60-53-27-11-7-20-45(53)46-21-8-12-28-54(46)60/h5-36H,1-4H3. The van der Waals surface area contributed by atoms with Crippen LogP contribution < -0.4 is 4.90 Å². The highest BCUT2D eigenvalue weighted by Gasteiger charge is 2.39. The molecule has 2 nitrogen and oxygen atoms in total. The lowest BCUT2D eigenvalue weighted by molar-refractivity contribution is 0.660. The van der Waals surface area contributed by atoms with Crippen LogP contribution in [0.4, 0.5) is 17.1 Å². The molecule has 10 aromatic rings. The third kappa shape index (κ3) is 4.88. The molecule has 2 heteroatoms. The molecule has 9 aromatic carbocycles. The Labute approximate surface area is 351 Å². The number of aromatic nitrogens is 1. The van der Waals surface area contributed by atoms with Crippen LogP contribution in [0.25, 0.3) is 71.6 Å². The van der Waals surface area contributed by atoms with Gasteiger partial charge in [-0.3, -0.25) is 0 Å². The van der Waals surface area contributed by atoms with Crippen LogP contribution in [0.3, 0.4) is 0 Å². The smallest absolute Gasteiger partial charge is 0.0543 e. The molecular weight excluding hydrogens is 725 g/mol. The maximum atomic E-state index is 2.52. The summed E-state index contributed by atoms with van der Waals surface area (Å²) < 4.78 is 2.42. The molecule has 12 rings (SSSR count). The molecule has 0 bridgehead atoms. The third-order valence-corrected chi connectivity index (χ3v) is 13.8. The van der Waals surface area contributed by atoms with Crippen molar-refractivity contribution in [3.63, 3.8) is 0 Å². The Kier molecular flexibility index (Phi) is 7.36. The van der Waals surface area contributed by atoms with E-state index in [9.17, 15) is 0 Å². The fourth-order valence-corrected chi connectivity index (χ4v) is 10.8. The molecule has 1 heterocycles. The lowest BCUT2D eigenvalue weighted by Crippen LogP contribution is -2.17. The lowest BCUT2D eigenvalue weighted by Gasteiger charge is -2.30. The second-order valence-corrected chi connectivity index (χ2v) is 17.7. The van der Waals surface area contributed by atoms with E-state index in [1.54, 1.807) is 0 Å². The number of hydrogen-bond acceptors (Lipinski definition) is 1. The fraction of sp³-hybridized carbons (Fsp3) is 0.103. The number of rotatable bonds is 5. The highest BCUT2D eigenvalue weighted by Crippen LogP contribution is 2.56. The van der Waals surface area contributed by atoms with Gasteiger partial charge in [0, 0.05) is 44.2 Å². The van der Waals surface area contributed by atoms with Gasteiger partial charge >= 0.3 is 0 Å². The summed E-state index contributed by atoms with van der Waals surface area (Å²) in [5, 5.41) is 4.99. The summed E-state index contributed by atoms with van der Waals surface area (Å²) in [6.45, 7) is 9.49. The van der Waals surface area contributed by atoms with Crippen LogP contribution >= 0.6 is 0 Å². The Balaban J connectivity index is 1.07. The molecule has 2 aliphatic rings. The molecule has 1 aromatic heterocycles. The van der Waals surface area contributed by atoms with E-state index in [2.05, 4.69) is 231 Å². The van der Waals surface area contributed by atoms with E-state index in [4.69, 9.17) is 0 Å². The van der Waals surface area contributed by atoms with E-state index in [1.165, 1.54) is 93.9 Å². The second kappa shape index (κ2) is 12.7. The van der Waals surface area contributed by atoms with Crippen LogP contribution in [-0.2, 0) is 10.8 Å². The van der Waals surface area contributed by atoms with E-state index in [0.717, 1.165) is 17.1 Å². The van der Waals surface area contributed by atoms with Crippen molar-refractivity contribution in [2.45, 2.75) is 38.5 Å². The van der Waals surface area contributed by atoms with Crippen molar-refractivity contribution in [1.82, 2.24) is 4.57 Å². The number of hydrogen-bond donors (Lipinski definition) is 0. The predicted molar refractivity (Wildman–Crippen MR) is 254 cm³/mol. The Bertz CT molecular complexity index is 3340. The molecule has 0 saturated heterocycles. The first-order valence-corrected chi connectivity index (χ1v) is 21.2. The zero-order valence-electron chi connectivity index (χ0n) is 34.4. The molecule has 0 radical (unpaired) electrons. The molecule has 286 valence electrons. The summed E-state index contributed by atoms with van der Waals surface area (Å²) in [5.41, 5.74) is 20.0. The van der Waals surface area contributed by atoms with Crippen molar-refractivity contribution in [3.8, 4) is 39.1 Å². The van der Waals surface area contributed by atoms with Gasteiger partial charge < -0.3 is 9.47 Å². The van der Waals surface area contributed by atoms with Gasteiger partial charge in [-0.05, 0) is 115 Å². The van der Waals surface area contributed by atoms with Crippen molar-refractivity contribution in [3.05, 3.63) is 216 Å². The van der Waals surface area contributed by atoms with Crippen LogP contribution in [-0.4, -0.2) is 4.57 Å². The SMILES string of the molecule is CC1(C)c2ccccc2-c2ccc(N(c3cccc(-c4cccc5ccc(-n6c7ccccc7c7ccccc76)cc45)c3)c3cccc4c3-c3ccccc3C4(C)C)cc21. The van der Waals surface area contributed by atoms with Gasteiger partial charge in [-0.2, -0.15) is 0 Å². The number of fused-ring (bicyclic) bond motifs is 10. The zero-order valence-corrected chi connectivity index (χ0v) is 34.4. The third-order valence-electron chi connectivity index (χ3n) is 13.8. The Morgan fingerprint density at radius 1 is 0.383 bits per heavy atom. The summed E-state index contributed by atoms with van der Waals surface area (Å²) in [6, 6.07) is 72.4. The average molecular weight is 769 g/mol. The highest BCUT2D eigenvalue weighted by molar-refractivity contribution is 6.10. The molecule has 60 heavy (non-hydrogen) atoms. The molecule has 0 saturated carbocycles. The van der Waals surface area contributed by atoms with Crippen LogP contribution in [0, 0.1) is 0 Å². The zero-order chi connectivity index (χ0) is 40.3. The molecule has 0 N–H and O–H groups in total. The van der Waals surface area contributed by atoms with Gasteiger partial charge in [-0.15, -0.1) is 0 Å². The van der Waals surface area contributed by atoms with Gasteiger partial charge in [0.05, 0.1) is 16.7 Å². The molecule has 0 aliphatic heterocycles. The van der Waals surface area contributed by atoms with Crippen molar-refractivity contribution in [1.29, 1.82) is 0 Å². The minimum Gasteiger partial charge on any atom is -0.310 e. The molecule has 0 spiro atoms. The second-order valence-electron chi connectivity index (χ2n) is 17.7. The van der Waals surface area contributed by atoms with E-state index in [0.29, 0.717) is 0 Å². The molecule has 0 atom stereocenters. The van der Waals surface area contributed by atoms with Crippen LogP contribution in [0.1, 0.15) is 49.9 Å². The fourth-order valence-electron chi connectivity index (χ4n) is 10.8.